The number of nitrogens with zero attached hydrogens (tertiary/aromatic N) is 4. The van der Waals surface area contributed by atoms with E-state index >= 15 is 0 Å². The first-order valence-electron chi connectivity index (χ1n) is 10.7. The van der Waals surface area contributed by atoms with Crippen molar-refractivity contribution in [2.45, 2.75) is 4.90 Å². The average molecular weight is 500 g/mol. The third-order valence-corrected chi connectivity index (χ3v) is 7.49. The van der Waals surface area contributed by atoms with Gasteiger partial charge in [0.05, 0.1) is 22.2 Å². The molecule has 1 saturated heterocycles. The average Bonchev–Trinajstić information content (AvgIpc) is 2.82. The van der Waals surface area contributed by atoms with Gasteiger partial charge in [0.25, 0.3) is 5.91 Å². The van der Waals surface area contributed by atoms with Gasteiger partial charge in [-0.2, -0.15) is 0 Å². The second-order valence-corrected chi connectivity index (χ2v) is 9.96. The minimum absolute atomic E-state index is 0.136. The molecule has 2 aliphatic rings. The van der Waals surface area contributed by atoms with E-state index in [9.17, 15) is 4.79 Å². The second kappa shape index (κ2) is 9.43. The van der Waals surface area contributed by atoms with E-state index in [1.54, 1.807) is 41.1 Å². The summed E-state index contributed by atoms with van der Waals surface area (Å²) in [6.07, 6.45) is 1.62. The van der Waals surface area contributed by atoms with E-state index in [0.29, 0.717) is 33.0 Å². The van der Waals surface area contributed by atoms with Crippen LogP contribution >= 0.6 is 35.0 Å². The summed E-state index contributed by atoms with van der Waals surface area (Å²) in [5, 5.41) is 4.38. The molecule has 3 heterocycles. The van der Waals surface area contributed by atoms with Crippen LogP contribution < -0.4 is 15.1 Å². The van der Waals surface area contributed by atoms with Gasteiger partial charge in [-0.05, 0) is 55.6 Å². The van der Waals surface area contributed by atoms with Gasteiger partial charge in [0.1, 0.15) is 5.82 Å². The molecule has 0 aliphatic carbocycles. The number of nitrogens with one attached hydrogen (secondary N) is 1. The van der Waals surface area contributed by atoms with Crippen LogP contribution in [0, 0.1) is 0 Å². The number of piperazine rings is 1. The lowest BCUT2D eigenvalue weighted by Crippen LogP contribution is -2.44. The van der Waals surface area contributed by atoms with Gasteiger partial charge in [-0.25, -0.2) is 4.98 Å². The smallest absolute Gasteiger partial charge is 0.261 e. The minimum atomic E-state index is -0.136. The van der Waals surface area contributed by atoms with E-state index in [-0.39, 0.29) is 5.91 Å². The first-order chi connectivity index (χ1) is 16.0. The number of fused-ring (bicyclic) bond motifs is 1. The van der Waals surface area contributed by atoms with Crippen LogP contribution in [0.25, 0.3) is 0 Å². The normalized spacial score (nSPS) is 16.6. The third kappa shape index (κ3) is 4.77. The number of pyridine rings is 1. The number of likely N-dealkylation sites (N-methyl/N-ethyl adjacent to an activating group) is 1. The highest BCUT2D eigenvalue weighted by Gasteiger charge is 2.28. The van der Waals surface area contributed by atoms with Crippen LogP contribution in [0.3, 0.4) is 0 Å². The van der Waals surface area contributed by atoms with Crippen LogP contribution in [0.4, 0.5) is 22.9 Å². The highest BCUT2D eigenvalue weighted by Crippen LogP contribution is 2.38. The summed E-state index contributed by atoms with van der Waals surface area (Å²) in [7, 11) is 2.16. The maximum Gasteiger partial charge on any atom is 0.261 e. The Morgan fingerprint density at radius 3 is 2.52 bits per heavy atom. The molecule has 3 aromatic rings. The molecular formula is C24H23Cl2N5OS. The van der Waals surface area contributed by atoms with Crippen molar-refractivity contribution < 1.29 is 4.79 Å². The number of benzene rings is 2. The van der Waals surface area contributed by atoms with Gasteiger partial charge in [0, 0.05) is 53.7 Å². The zero-order valence-corrected chi connectivity index (χ0v) is 20.4. The van der Waals surface area contributed by atoms with E-state index in [1.165, 1.54) is 5.69 Å². The molecule has 170 valence electrons. The second-order valence-electron chi connectivity index (χ2n) is 8.13. The van der Waals surface area contributed by atoms with Crippen LogP contribution in [0.1, 0.15) is 10.4 Å². The van der Waals surface area contributed by atoms with Crippen molar-refractivity contribution in [1.29, 1.82) is 0 Å². The minimum Gasteiger partial charge on any atom is -0.369 e. The number of aromatic nitrogens is 1. The number of hydrogen-bond donors (Lipinski definition) is 1. The van der Waals surface area contributed by atoms with Crippen molar-refractivity contribution >= 4 is 63.8 Å². The fourth-order valence-electron chi connectivity index (χ4n) is 3.96. The van der Waals surface area contributed by atoms with Gasteiger partial charge in [-0.3, -0.25) is 9.69 Å². The first-order valence-corrected chi connectivity index (χ1v) is 12.4. The Morgan fingerprint density at radius 1 is 1.00 bits per heavy atom. The fourth-order valence-corrected chi connectivity index (χ4v) is 5.36. The molecule has 2 aromatic carbocycles. The molecule has 5 rings (SSSR count). The molecular weight excluding hydrogens is 477 g/mol. The molecule has 1 N–H and O–H groups in total. The summed E-state index contributed by atoms with van der Waals surface area (Å²) < 4.78 is 0. The Labute approximate surface area is 207 Å². The van der Waals surface area contributed by atoms with Crippen LogP contribution in [-0.4, -0.2) is 54.9 Å². The Balaban J connectivity index is 1.30. The molecule has 0 saturated carbocycles. The first kappa shape index (κ1) is 22.3. The molecule has 0 unspecified atom stereocenters. The standard InChI is InChI=1S/C24H23Cl2N5OS/c1-29-8-10-30(11-9-29)18-5-3-17(4-6-18)28-23-13-22-19(14-27-23)24(32)31(15-33-22)21-12-16(25)2-7-20(21)26/h2-7,12-14H,8-11,15H2,1H3,(H,27,28). The molecule has 1 aromatic heterocycles. The lowest BCUT2D eigenvalue weighted by molar-refractivity contribution is 0.0986. The predicted molar refractivity (Wildman–Crippen MR) is 138 cm³/mol. The molecule has 1 fully saturated rings. The number of carbonyl (C=O) groups is 1. The highest BCUT2D eigenvalue weighted by molar-refractivity contribution is 7.99. The molecule has 0 bridgehead atoms. The summed E-state index contributed by atoms with van der Waals surface area (Å²) in [5.41, 5.74) is 3.35. The lowest BCUT2D eigenvalue weighted by Gasteiger charge is -2.34. The van der Waals surface area contributed by atoms with Gasteiger partial charge in [0.15, 0.2) is 0 Å². The summed E-state index contributed by atoms with van der Waals surface area (Å²) in [6, 6.07) is 15.4. The Bertz CT molecular complexity index is 1180. The van der Waals surface area contributed by atoms with Gasteiger partial charge < -0.3 is 15.1 Å². The number of carbonyl (C=O) groups excluding carboxylic acids is 1. The number of halogens is 2. The maximum absolute atomic E-state index is 13.1. The molecule has 1 amide bonds. The van der Waals surface area contributed by atoms with Crippen molar-refractivity contribution in [3.05, 3.63) is 70.3 Å². The van der Waals surface area contributed by atoms with Gasteiger partial charge in [0.2, 0.25) is 0 Å². The van der Waals surface area contributed by atoms with E-state index in [4.69, 9.17) is 23.2 Å². The summed E-state index contributed by atoms with van der Waals surface area (Å²) >= 11 is 14.0. The van der Waals surface area contributed by atoms with E-state index in [1.807, 2.05) is 6.07 Å². The van der Waals surface area contributed by atoms with Crippen LogP contribution in [0.2, 0.25) is 10.0 Å². The van der Waals surface area contributed by atoms with Crippen molar-refractivity contribution in [3.8, 4) is 0 Å². The van der Waals surface area contributed by atoms with Crippen LogP contribution in [0.5, 0.6) is 0 Å². The Hall–Kier alpha value is -2.45. The van der Waals surface area contributed by atoms with Crippen molar-refractivity contribution in [2.24, 2.45) is 0 Å². The predicted octanol–water partition coefficient (Wildman–Crippen LogP) is 5.59. The number of thioether (sulfide) groups is 1. The topological polar surface area (TPSA) is 51.7 Å². The van der Waals surface area contributed by atoms with Crippen molar-refractivity contribution in [1.82, 2.24) is 9.88 Å². The number of rotatable bonds is 4. The Kier molecular flexibility index (Phi) is 6.38. The summed E-state index contributed by atoms with van der Waals surface area (Å²) in [5.74, 6) is 1.02. The number of amides is 1. The maximum atomic E-state index is 13.1. The molecule has 33 heavy (non-hydrogen) atoms. The molecule has 2 aliphatic heterocycles. The molecule has 6 nitrogen and oxygen atoms in total. The van der Waals surface area contributed by atoms with E-state index in [0.717, 1.165) is 36.8 Å². The monoisotopic (exact) mass is 499 g/mol. The zero-order valence-electron chi connectivity index (χ0n) is 18.1. The zero-order chi connectivity index (χ0) is 22.9. The summed E-state index contributed by atoms with van der Waals surface area (Å²) in [6.45, 7) is 4.24. The quantitative estimate of drug-likeness (QED) is 0.504. The van der Waals surface area contributed by atoms with Gasteiger partial charge in [-0.15, -0.1) is 11.8 Å². The largest absolute Gasteiger partial charge is 0.369 e. The molecule has 0 spiro atoms. The fraction of sp³-hybridized carbons (Fsp3) is 0.250. The highest BCUT2D eigenvalue weighted by atomic mass is 35.5. The molecule has 9 heteroatoms. The Morgan fingerprint density at radius 2 is 1.76 bits per heavy atom. The van der Waals surface area contributed by atoms with Crippen LogP contribution in [0.15, 0.2) is 59.6 Å². The summed E-state index contributed by atoms with van der Waals surface area (Å²) in [4.78, 5) is 24.9. The molecule has 0 radical (unpaired) electrons. The van der Waals surface area contributed by atoms with Crippen molar-refractivity contribution in [3.63, 3.8) is 0 Å². The molecule has 0 atom stereocenters. The van der Waals surface area contributed by atoms with Crippen LogP contribution in [-0.2, 0) is 0 Å². The SMILES string of the molecule is CN1CCN(c2ccc(Nc3cc4c(cn3)C(=O)N(c3cc(Cl)ccc3Cl)CS4)cc2)CC1. The van der Waals surface area contributed by atoms with Gasteiger partial charge >= 0.3 is 0 Å². The third-order valence-electron chi connectivity index (χ3n) is 5.90. The van der Waals surface area contributed by atoms with Gasteiger partial charge in [-0.1, -0.05) is 23.2 Å². The number of anilines is 4. The van der Waals surface area contributed by atoms with Crippen molar-refractivity contribution in [2.75, 3.05) is 54.2 Å². The van der Waals surface area contributed by atoms with E-state index < -0.39 is 0 Å². The van der Waals surface area contributed by atoms with E-state index in [2.05, 4.69) is 51.4 Å². The lowest BCUT2D eigenvalue weighted by atomic mass is 10.2. The number of hydrogen-bond acceptors (Lipinski definition) is 6.